The van der Waals surface area contributed by atoms with Gasteiger partial charge in [0.1, 0.15) is 0 Å². The van der Waals surface area contributed by atoms with E-state index in [1.54, 1.807) is 0 Å². The molecule has 1 saturated carbocycles. The van der Waals surface area contributed by atoms with Crippen LogP contribution < -0.4 is 0 Å². The molecule has 1 aliphatic rings. The second-order valence-electron chi connectivity index (χ2n) is 4.97. The molecule has 0 heterocycles. The number of hydrogen-bond acceptors (Lipinski definition) is 3. The number of carbonyl (C=O) groups is 2. The third-order valence-electron chi connectivity index (χ3n) is 3.28. The average Bonchev–Trinajstić information content (AvgIpc) is 2.84. The summed E-state index contributed by atoms with van der Waals surface area (Å²) in [4.78, 5) is 23.2. The van der Waals surface area contributed by atoms with E-state index in [9.17, 15) is 9.59 Å². The summed E-state index contributed by atoms with van der Waals surface area (Å²) in [6.45, 7) is 3.51. The molecule has 102 valence electrons. The van der Waals surface area contributed by atoms with Crippen LogP contribution in [0.15, 0.2) is 11.3 Å². The minimum atomic E-state index is -0.383. The number of ether oxygens (including phenoxy) is 1. The molecule has 0 N–H and O–H groups in total. The first kappa shape index (κ1) is 14.9. The van der Waals surface area contributed by atoms with Crippen molar-refractivity contribution in [2.75, 3.05) is 0 Å². The molecule has 0 atom stereocenters. The Kier molecular flexibility index (Phi) is 6.69. The van der Waals surface area contributed by atoms with Crippen molar-refractivity contribution in [2.45, 2.75) is 71.6 Å². The summed E-state index contributed by atoms with van der Waals surface area (Å²) >= 11 is 0. The third kappa shape index (κ3) is 5.03. The van der Waals surface area contributed by atoms with Gasteiger partial charge in [0.2, 0.25) is 0 Å². The van der Waals surface area contributed by atoms with Gasteiger partial charge in [0.05, 0.1) is 0 Å². The molecule has 1 fully saturated rings. The number of unbranched alkanes of at least 4 members (excludes halogenated alkanes) is 3. The molecular weight excluding hydrogens is 228 g/mol. The Morgan fingerprint density at radius 2 is 1.78 bits per heavy atom. The van der Waals surface area contributed by atoms with Crippen molar-refractivity contribution in [1.29, 1.82) is 0 Å². The van der Waals surface area contributed by atoms with Gasteiger partial charge in [0.15, 0.2) is 11.5 Å². The van der Waals surface area contributed by atoms with Crippen LogP contribution in [0.3, 0.4) is 0 Å². The van der Waals surface area contributed by atoms with Crippen LogP contribution in [0.4, 0.5) is 0 Å². The zero-order valence-corrected chi connectivity index (χ0v) is 11.6. The highest BCUT2D eigenvalue weighted by Crippen LogP contribution is 2.28. The van der Waals surface area contributed by atoms with Crippen LogP contribution in [0.1, 0.15) is 71.6 Å². The lowest BCUT2D eigenvalue weighted by Crippen LogP contribution is -2.12. The summed E-state index contributed by atoms with van der Waals surface area (Å²) in [5, 5.41) is 0. The fourth-order valence-corrected chi connectivity index (χ4v) is 2.32. The van der Waals surface area contributed by atoms with Gasteiger partial charge in [-0.3, -0.25) is 9.59 Å². The van der Waals surface area contributed by atoms with E-state index in [0.29, 0.717) is 12.2 Å². The molecule has 0 saturated heterocycles. The Labute approximate surface area is 110 Å². The molecule has 0 aromatic carbocycles. The van der Waals surface area contributed by atoms with Crippen LogP contribution in [0, 0.1) is 0 Å². The van der Waals surface area contributed by atoms with Gasteiger partial charge in [-0.1, -0.05) is 26.2 Å². The SMILES string of the molecule is CCCCCCC(=O)C(OC(C)=O)=C1CCCC1. The van der Waals surface area contributed by atoms with Crippen LogP contribution >= 0.6 is 0 Å². The van der Waals surface area contributed by atoms with Crippen molar-refractivity contribution in [3.63, 3.8) is 0 Å². The minimum Gasteiger partial charge on any atom is -0.423 e. The monoisotopic (exact) mass is 252 g/mol. The fraction of sp³-hybridized carbons (Fsp3) is 0.733. The number of rotatable bonds is 7. The first-order valence-corrected chi connectivity index (χ1v) is 7.08. The van der Waals surface area contributed by atoms with Gasteiger partial charge in [0, 0.05) is 13.3 Å². The summed E-state index contributed by atoms with van der Waals surface area (Å²) in [7, 11) is 0. The summed E-state index contributed by atoms with van der Waals surface area (Å²) in [6.07, 6.45) is 8.81. The van der Waals surface area contributed by atoms with E-state index in [1.165, 1.54) is 6.92 Å². The molecule has 0 aromatic rings. The lowest BCUT2D eigenvalue weighted by Gasteiger charge is -2.09. The largest absolute Gasteiger partial charge is 0.423 e. The Hall–Kier alpha value is -1.12. The lowest BCUT2D eigenvalue weighted by atomic mass is 10.1. The van der Waals surface area contributed by atoms with Gasteiger partial charge >= 0.3 is 5.97 Å². The van der Waals surface area contributed by atoms with E-state index in [4.69, 9.17) is 4.74 Å². The highest BCUT2D eigenvalue weighted by Gasteiger charge is 2.21. The van der Waals surface area contributed by atoms with Gasteiger partial charge in [-0.25, -0.2) is 0 Å². The summed E-state index contributed by atoms with van der Waals surface area (Å²) in [5.74, 6) is -0.0130. The molecule has 0 unspecified atom stereocenters. The number of allylic oxidation sites excluding steroid dienone is 2. The van der Waals surface area contributed by atoms with E-state index in [-0.39, 0.29) is 11.8 Å². The second kappa shape index (κ2) is 8.06. The smallest absolute Gasteiger partial charge is 0.308 e. The van der Waals surface area contributed by atoms with Gasteiger partial charge in [-0.05, 0) is 37.7 Å². The highest BCUT2D eigenvalue weighted by atomic mass is 16.5. The van der Waals surface area contributed by atoms with Crippen LogP contribution in [-0.2, 0) is 14.3 Å². The van der Waals surface area contributed by atoms with Crippen molar-refractivity contribution in [1.82, 2.24) is 0 Å². The molecule has 0 aromatic heterocycles. The molecule has 18 heavy (non-hydrogen) atoms. The third-order valence-corrected chi connectivity index (χ3v) is 3.28. The van der Waals surface area contributed by atoms with Crippen molar-refractivity contribution in [2.24, 2.45) is 0 Å². The van der Waals surface area contributed by atoms with Crippen molar-refractivity contribution >= 4 is 11.8 Å². The minimum absolute atomic E-state index is 0.0122. The maximum absolute atomic E-state index is 12.1. The fourth-order valence-electron chi connectivity index (χ4n) is 2.32. The van der Waals surface area contributed by atoms with Gasteiger partial charge in [-0.2, -0.15) is 0 Å². The topological polar surface area (TPSA) is 43.4 Å². The van der Waals surface area contributed by atoms with Crippen molar-refractivity contribution in [3.05, 3.63) is 11.3 Å². The highest BCUT2D eigenvalue weighted by molar-refractivity contribution is 5.96. The molecule has 1 aliphatic carbocycles. The van der Waals surface area contributed by atoms with Crippen molar-refractivity contribution in [3.8, 4) is 0 Å². The zero-order valence-electron chi connectivity index (χ0n) is 11.6. The first-order chi connectivity index (χ1) is 8.65. The summed E-state index contributed by atoms with van der Waals surface area (Å²) in [6, 6.07) is 0. The molecule has 0 radical (unpaired) electrons. The predicted octanol–water partition coefficient (Wildman–Crippen LogP) is 3.92. The number of hydrogen-bond donors (Lipinski definition) is 0. The molecule has 0 aliphatic heterocycles. The standard InChI is InChI=1S/C15H24O3/c1-3-4-5-6-11-14(17)15(18-12(2)16)13-9-7-8-10-13/h3-11H2,1-2H3. The van der Waals surface area contributed by atoms with E-state index in [0.717, 1.165) is 56.9 Å². The Morgan fingerprint density at radius 3 is 2.33 bits per heavy atom. The average molecular weight is 252 g/mol. The molecular formula is C15H24O3. The van der Waals surface area contributed by atoms with E-state index in [2.05, 4.69) is 6.92 Å². The van der Waals surface area contributed by atoms with Crippen LogP contribution in [0.2, 0.25) is 0 Å². The van der Waals surface area contributed by atoms with Gasteiger partial charge in [-0.15, -0.1) is 0 Å². The van der Waals surface area contributed by atoms with Crippen LogP contribution in [0.5, 0.6) is 0 Å². The lowest BCUT2D eigenvalue weighted by molar-refractivity contribution is -0.140. The zero-order chi connectivity index (χ0) is 13.4. The predicted molar refractivity (Wildman–Crippen MR) is 71.0 cm³/mol. The molecule has 3 nitrogen and oxygen atoms in total. The molecule has 1 rings (SSSR count). The number of ketones is 1. The Balaban J connectivity index is 2.57. The maximum Gasteiger partial charge on any atom is 0.308 e. The van der Waals surface area contributed by atoms with Gasteiger partial charge < -0.3 is 4.74 Å². The maximum atomic E-state index is 12.1. The second-order valence-corrected chi connectivity index (χ2v) is 4.97. The first-order valence-electron chi connectivity index (χ1n) is 7.08. The molecule has 0 spiro atoms. The summed E-state index contributed by atoms with van der Waals surface area (Å²) in [5.41, 5.74) is 1.05. The van der Waals surface area contributed by atoms with Crippen molar-refractivity contribution < 1.29 is 14.3 Å². The number of carbonyl (C=O) groups excluding carboxylic acids is 2. The van der Waals surface area contributed by atoms with E-state index >= 15 is 0 Å². The quantitative estimate of drug-likeness (QED) is 0.298. The molecule has 0 amide bonds. The number of esters is 1. The normalized spacial score (nSPS) is 14.7. The number of Topliss-reactive ketones (excluding diaryl/α,β-unsaturated/α-hetero) is 1. The van der Waals surface area contributed by atoms with Crippen LogP contribution in [-0.4, -0.2) is 11.8 Å². The Bertz CT molecular complexity index is 321. The summed E-state index contributed by atoms with van der Waals surface area (Å²) < 4.78 is 5.14. The van der Waals surface area contributed by atoms with E-state index < -0.39 is 0 Å². The van der Waals surface area contributed by atoms with Gasteiger partial charge in [0.25, 0.3) is 0 Å². The molecule has 3 heteroatoms. The molecule has 0 bridgehead atoms. The van der Waals surface area contributed by atoms with Crippen LogP contribution in [0.25, 0.3) is 0 Å². The Morgan fingerprint density at radius 1 is 1.11 bits per heavy atom. The van der Waals surface area contributed by atoms with E-state index in [1.807, 2.05) is 0 Å².